The number of nitrogens with zero attached hydrogens (tertiary/aromatic N) is 1. The minimum absolute atomic E-state index is 0.201. The van der Waals surface area contributed by atoms with Crippen LogP contribution in [0.3, 0.4) is 0 Å². The van der Waals surface area contributed by atoms with Gasteiger partial charge in [-0.05, 0) is 26.0 Å². The number of halogens is 1. The molecule has 2 rings (SSSR count). The highest BCUT2D eigenvalue weighted by atomic mass is 79.9. The maximum Gasteiger partial charge on any atom is 0.177 e. The van der Waals surface area contributed by atoms with Crippen molar-refractivity contribution >= 4 is 21.7 Å². The van der Waals surface area contributed by atoms with E-state index < -0.39 is 0 Å². The van der Waals surface area contributed by atoms with Crippen molar-refractivity contribution in [2.24, 2.45) is 0 Å². The lowest BCUT2D eigenvalue weighted by Crippen LogP contribution is -2.34. The molecule has 1 saturated carbocycles. The van der Waals surface area contributed by atoms with Gasteiger partial charge >= 0.3 is 0 Å². The number of carbonyl (C=O) groups excluding carboxylic acids is 1. The fraction of sp³-hybridized carbons (Fsp3) is 0.500. The van der Waals surface area contributed by atoms with E-state index in [4.69, 9.17) is 0 Å². The molecule has 0 aliphatic heterocycles. The van der Waals surface area contributed by atoms with E-state index in [1.165, 1.54) is 25.7 Å². The number of hydrogen-bond acceptors (Lipinski definition) is 2. The van der Waals surface area contributed by atoms with Gasteiger partial charge in [-0.1, -0.05) is 47.0 Å². The van der Waals surface area contributed by atoms with Gasteiger partial charge in [-0.25, -0.2) is 0 Å². The van der Waals surface area contributed by atoms with Crippen LogP contribution in [0.4, 0.5) is 0 Å². The molecule has 1 aromatic rings. The Morgan fingerprint density at radius 3 is 2.65 bits per heavy atom. The van der Waals surface area contributed by atoms with Gasteiger partial charge in [0.2, 0.25) is 0 Å². The number of Topliss-reactive ketones (excluding diaryl/α,β-unsaturated/α-hetero) is 1. The minimum atomic E-state index is 0.201. The summed E-state index contributed by atoms with van der Waals surface area (Å²) in [5, 5.41) is 0. The summed E-state index contributed by atoms with van der Waals surface area (Å²) in [5.41, 5.74) is 0.789. The zero-order chi connectivity index (χ0) is 12.3. The van der Waals surface area contributed by atoms with Crippen molar-refractivity contribution in [1.82, 2.24) is 4.90 Å². The van der Waals surface area contributed by atoms with Crippen LogP contribution in [0.5, 0.6) is 0 Å². The molecule has 0 atom stereocenters. The molecule has 0 amide bonds. The molecule has 0 aromatic heterocycles. The fourth-order valence-electron chi connectivity index (χ4n) is 2.47. The zero-order valence-electron chi connectivity index (χ0n) is 10.2. The number of benzene rings is 1. The topological polar surface area (TPSA) is 20.3 Å². The smallest absolute Gasteiger partial charge is 0.177 e. The van der Waals surface area contributed by atoms with E-state index in [1.807, 2.05) is 24.3 Å². The van der Waals surface area contributed by atoms with Gasteiger partial charge in [-0.2, -0.15) is 0 Å². The summed E-state index contributed by atoms with van der Waals surface area (Å²) in [7, 11) is 2.06. The molecule has 17 heavy (non-hydrogen) atoms. The molecule has 1 aliphatic carbocycles. The van der Waals surface area contributed by atoms with Crippen LogP contribution >= 0.6 is 15.9 Å². The van der Waals surface area contributed by atoms with Crippen molar-refractivity contribution in [3.63, 3.8) is 0 Å². The third-order valence-corrected chi connectivity index (χ3v) is 4.21. The highest BCUT2D eigenvalue weighted by Gasteiger charge is 2.22. The first-order valence-electron chi connectivity index (χ1n) is 6.16. The molecule has 0 unspecified atom stereocenters. The van der Waals surface area contributed by atoms with E-state index >= 15 is 0 Å². The molecule has 3 heteroatoms. The lowest BCUT2D eigenvalue weighted by atomic mass is 10.1. The van der Waals surface area contributed by atoms with Crippen LogP contribution in [-0.4, -0.2) is 30.3 Å². The number of carbonyl (C=O) groups is 1. The van der Waals surface area contributed by atoms with Gasteiger partial charge in [-0.3, -0.25) is 9.69 Å². The molecule has 1 aromatic carbocycles. The average Bonchev–Trinajstić information content (AvgIpc) is 2.82. The molecular weight excluding hydrogens is 278 g/mol. The number of ketones is 1. The second-order valence-corrected chi connectivity index (χ2v) is 5.61. The third-order valence-electron chi connectivity index (χ3n) is 3.52. The Kier molecular flexibility index (Phi) is 4.35. The Labute approximate surface area is 111 Å². The van der Waals surface area contributed by atoms with Crippen LogP contribution in [0, 0.1) is 0 Å². The third kappa shape index (κ3) is 3.17. The van der Waals surface area contributed by atoms with E-state index in [0.29, 0.717) is 12.6 Å². The minimum Gasteiger partial charge on any atom is -0.296 e. The summed E-state index contributed by atoms with van der Waals surface area (Å²) in [6.07, 6.45) is 5.08. The Hall–Kier alpha value is -0.670. The van der Waals surface area contributed by atoms with Gasteiger partial charge < -0.3 is 0 Å². The lowest BCUT2D eigenvalue weighted by Gasteiger charge is -2.23. The zero-order valence-corrected chi connectivity index (χ0v) is 11.7. The highest BCUT2D eigenvalue weighted by molar-refractivity contribution is 9.10. The molecular formula is C14H18BrNO. The van der Waals surface area contributed by atoms with Crippen LogP contribution in [0.25, 0.3) is 0 Å². The maximum absolute atomic E-state index is 12.2. The predicted octanol–water partition coefficient (Wildman–Crippen LogP) is 3.51. The first-order valence-corrected chi connectivity index (χ1v) is 6.96. The molecule has 1 aliphatic rings. The van der Waals surface area contributed by atoms with Crippen LogP contribution in [0.2, 0.25) is 0 Å². The summed E-state index contributed by atoms with van der Waals surface area (Å²) in [5.74, 6) is 0.201. The van der Waals surface area contributed by atoms with E-state index in [9.17, 15) is 4.79 Å². The summed E-state index contributed by atoms with van der Waals surface area (Å²) >= 11 is 3.43. The van der Waals surface area contributed by atoms with Gasteiger partial charge in [-0.15, -0.1) is 0 Å². The van der Waals surface area contributed by atoms with E-state index in [-0.39, 0.29) is 5.78 Å². The molecule has 0 bridgehead atoms. The highest BCUT2D eigenvalue weighted by Crippen LogP contribution is 2.23. The molecule has 0 heterocycles. The summed E-state index contributed by atoms with van der Waals surface area (Å²) < 4.78 is 0.893. The standard InChI is InChI=1S/C14H18BrNO/c1-16(11-6-2-3-7-11)10-14(17)12-8-4-5-9-13(12)15/h4-5,8-9,11H,2-3,6-7,10H2,1H3. The van der Waals surface area contributed by atoms with E-state index in [0.717, 1.165) is 10.0 Å². The first-order chi connectivity index (χ1) is 8.18. The molecule has 0 N–H and O–H groups in total. The Morgan fingerprint density at radius 1 is 1.35 bits per heavy atom. The summed E-state index contributed by atoms with van der Waals surface area (Å²) in [6.45, 7) is 0.521. The molecule has 0 radical (unpaired) electrons. The first kappa shape index (κ1) is 12.8. The van der Waals surface area contributed by atoms with Crippen molar-refractivity contribution < 1.29 is 4.79 Å². The van der Waals surface area contributed by atoms with Crippen LogP contribution in [-0.2, 0) is 0 Å². The van der Waals surface area contributed by atoms with Gasteiger partial charge in [0.1, 0.15) is 0 Å². The monoisotopic (exact) mass is 295 g/mol. The van der Waals surface area contributed by atoms with Crippen LogP contribution in [0.1, 0.15) is 36.0 Å². The SMILES string of the molecule is CN(CC(=O)c1ccccc1Br)C1CCCC1. The Morgan fingerprint density at radius 2 is 2.00 bits per heavy atom. The van der Waals surface area contributed by atoms with Gasteiger partial charge in [0.05, 0.1) is 6.54 Å². The van der Waals surface area contributed by atoms with Crippen molar-refractivity contribution in [3.8, 4) is 0 Å². The second-order valence-electron chi connectivity index (χ2n) is 4.76. The maximum atomic E-state index is 12.2. The van der Waals surface area contributed by atoms with Crippen molar-refractivity contribution in [2.45, 2.75) is 31.7 Å². The van der Waals surface area contributed by atoms with Crippen molar-refractivity contribution in [2.75, 3.05) is 13.6 Å². The molecule has 0 saturated heterocycles. The lowest BCUT2D eigenvalue weighted by molar-refractivity contribution is 0.0920. The second kappa shape index (κ2) is 5.78. The summed E-state index contributed by atoms with van der Waals surface area (Å²) in [4.78, 5) is 14.4. The van der Waals surface area contributed by atoms with E-state index in [2.05, 4.69) is 27.9 Å². The summed E-state index contributed by atoms with van der Waals surface area (Å²) in [6, 6.07) is 8.24. The predicted molar refractivity (Wildman–Crippen MR) is 73.4 cm³/mol. The van der Waals surface area contributed by atoms with Gasteiger partial charge in [0.25, 0.3) is 0 Å². The van der Waals surface area contributed by atoms with E-state index in [1.54, 1.807) is 0 Å². The Bertz CT molecular complexity index is 399. The quantitative estimate of drug-likeness (QED) is 0.793. The molecule has 2 nitrogen and oxygen atoms in total. The van der Waals surface area contributed by atoms with Crippen molar-refractivity contribution in [1.29, 1.82) is 0 Å². The largest absolute Gasteiger partial charge is 0.296 e. The fourth-order valence-corrected chi connectivity index (χ4v) is 2.98. The molecule has 92 valence electrons. The number of likely N-dealkylation sites (N-methyl/N-ethyl adjacent to an activating group) is 1. The average molecular weight is 296 g/mol. The van der Waals surface area contributed by atoms with Gasteiger partial charge in [0, 0.05) is 16.1 Å². The normalized spacial score (nSPS) is 16.6. The van der Waals surface area contributed by atoms with Crippen LogP contribution in [0.15, 0.2) is 28.7 Å². The van der Waals surface area contributed by atoms with Crippen molar-refractivity contribution in [3.05, 3.63) is 34.3 Å². The Balaban J connectivity index is 1.99. The van der Waals surface area contributed by atoms with Gasteiger partial charge in [0.15, 0.2) is 5.78 Å². The van der Waals surface area contributed by atoms with Crippen LogP contribution < -0.4 is 0 Å². The number of hydrogen-bond donors (Lipinski definition) is 0. The molecule has 0 spiro atoms. The molecule has 1 fully saturated rings. The number of rotatable bonds is 4.